The minimum atomic E-state index is -4.60. The third-order valence-corrected chi connectivity index (χ3v) is 4.07. The molecular formula is C19H16F3N3O2. The number of carbonyl (C=O) groups is 1. The Kier molecular flexibility index (Phi) is 4.98. The van der Waals surface area contributed by atoms with Crippen molar-refractivity contribution in [3.63, 3.8) is 0 Å². The van der Waals surface area contributed by atoms with Gasteiger partial charge in [0.2, 0.25) is 5.91 Å². The number of hydrogen-bond donors (Lipinski definition) is 1. The van der Waals surface area contributed by atoms with Crippen LogP contribution < -0.4 is 10.9 Å². The fraction of sp³-hybridized carbons (Fsp3) is 0.211. The van der Waals surface area contributed by atoms with Crippen LogP contribution >= 0.6 is 0 Å². The first-order valence-corrected chi connectivity index (χ1v) is 8.25. The normalized spacial score (nSPS) is 11.6. The third kappa shape index (κ3) is 3.84. The summed E-state index contributed by atoms with van der Waals surface area (Å²) >= 11 is 0. The highest BCUT2D eigenvalue weighted by molar-refractivity contribution is 5.91. The van der Waals surface area contributed by atoms with E-state index in [2.05, 4.69) is 10.3 Å². The van der Waals surface area contributed by atoms with Crippen molar-refractivity contribution in [2.24, 2.45) is 0 Å². The van der Waals surface area contributed by atoms with Crippen LogP contribution in [0, 0.1) is 0 Å². The molecule has 0 aliphatic rings. The van der Waals surface area contributed by atoms with E-state index in [1.807, 2.05) is 0 Å². The van der Waals surface area contributed by atoms with E-state index in [1.165, 1.54) is 22.8 Å². The SMILES string of the molecule is CCc1nc2ccccc2c(=O)n1CC(=O)Nc1ccccc1C(F)(F)F. The Balaban J connectivity index is 1.94. The largest absolute Gasteiger partial charge is 0.418 e. The highest BCUT2D eigenvalue weighted by atomic mass is 19.4. The smallest absolute Gasteiger partial charge is 0.324 e. The second kappa shape index (κ2) is 7.22. The Morgan fingerprint density at radius 3 is 2.48 bits per heavy atom. The van der Waals surface area contributed by atoms with Crippen molar-refractivity contribution in [3.8, 4) is 0 Å². The number of aryl methyl sites for hydroxylation is 1. The van der Waals surface area contributed by atoms with Crippen LogP contribution in [0.4, 0.5) is 18.9 Å². The van der Waals surface area contributed by atoms with E-state index in [1.54, 1.807) is 31.2 Å². The first-order valence-electron chi connectivity index (χ1n) is 8.25. The molecule has 0 unspecified atom stereocenters. The van der Waals surface area contributed by atoms with Gasteiger partial charge in [-0.05, 0) is 24.3 Å². The summed E-state index contributed by atoms with van der Waals surface area (Å²) in [4.78, 5) is 29.4. The lowest BCUT2D eigenvalue weighted by atomic mass is 10.1. The molecule has 0 bridgehead atoms. The number of nitrogens with zero attached hydrogens (tertiary/aromatic N) is 2. The Bertz CT molecular complexity index is 1060. The number of rotatable bonds is 4. The molecule has 0 saturated heterocycles. The molecule has 0 atom stereocenters. The molecular weight excluding hydrogens is 359 g/mol. The second-order valence-corrected chi connectivity index (χ2v) is 5.88. The number of aromatic nitrogens is 2. The average molecular weight is 375 g/mol. The molecule has 0 fully saturated rings. The van der Waals surface area contributed by atoms with Crippen LogP contribution in [0.3, 0.4) is 0 Å². The lowest BCUT2D eigenvalue weighted by molar-refractivity contribution is -0.137. The van der Waals surface area contributed by atoms with E-state index >= 15 is 0 Å². The van der Waals surface area contributed by atoms with E-state index in [0.29, 0.717) is 23.1 Å². The number of amides is 1. The van der Waals surface area contributed by atoms with Gasteiger partial charge in [0.05, 0.1) is 22.2 Å². The van der Waals surface area contributed by atoms with Crippen molar-refractivity contribution >= 4 is 22.5 Å². The number of para-hydroxylation sites is 2. The molecule has 8 heteroatoms. The zero-order valence-electron chi connectivity index (χ0n) is 14.4. The van der Waals surface area contributed by atoms with Gasteiger partial charge in [-0.2, -0.15) is 13.2 Å². The lowest BCUT2D eigenvalue weighted by Crippen LogP contribution is -2.31. The van der Waals surface area contributed by atoms with Gasteiger partial charge in [-0.3, -0.25) is 14.2 Å². The maximum Gasteiger partial charge on any atom is 0.418 e. The van der Waals surface area contributed by atoms with Gasteiger partial charge in [0, 0.05) is 6.42 Å². The minimum Gasteiger partial charge on any atom is -0.324 e. The number of hydrogen-bond acceptors (Lipinski definition) is 3. The third-order valence-electron chi connectivity index (χ3n) is 4.07. The minimum absolute atomic E-state index is 0.346. The predicted octanol–water partition coefficient (Wildman–Crippen LogP) is 3.62. The van der Waals surface area contributed by atoms with E-state index in [-0.39, 0.29) is 5.69 Å². The zero-order chi connectivity index (χ0) is 19.6. The molecule has 1 heterocycles. The Morgan fingerprint density at radius 2 is 1.78 bits per heavy atom. The number of benzene rings is 2. The maximum atomic E-state index is 13.1. The van der Waals surface area contributed by atoms with Crippen LogP contribution in [0.25, 0.3) is 10.9 Å². The highest BCUT2D eigenvalue weighted by Gasteiger charge is 2.33. The van der Waals surface area contributed by atoms with E-state index in [9.17, 15) is 22.8 Å². The monoisotopic (exact) mass is 375 g/mol. The molecule has 0 spiro atoms. The highest BCUT2D eigenvalue weighted by Crippen LogP contribution is 2.34. The maximum absolute atomic E-state index is 13.1. The number of anilines is 1. The topological polar surface area (TPSA) is 64.0 Å². The van der Waals surface area contributed by atoms with Crippen molar-refractivity contribution in [1.82, 2.24) is 9.55 Å². The number of carbonyl (C=O) groups excluding carboxylic acids is 1. The zero-order valence-corrected chi connectivity index (χ0v) is 14.4. The summed E-state index contributed by atoms with van der Waals surface area (Å²) in [5.41, 5.74) is -1.19. The Hall–Kier alpha value is -3.16. The molecule has 0 radical (unpaired) electrons. The lowest BCUT2D eigenvalue weighted by Gasteiger charge is -2.15. The van der Waals surface area contributed by atoms with Crippen LogP contribution in [0.1, 0.15) is 18.3 Å². The molecule has 0 saturated carbocycles. The first kappa shape index (κ1) is 18.6. The molecule has 1 N–H and O–H groups in total. The fourth-order valence-electron chi connectivity index (χ4n) is 2.82. The van der Waals surface area contributed by atoms with Gasteiger partial charge in [-0.15, -0.1) is 0 Å². The van der Waals surface area contributed by atoms with Crippen LogP contribution in [0.2, 0.25) is 0 Å². The van der Waals surface area contributed by atoms with Crippen molar-refractivity contribution < 1.29 is 18.0 Å². The number of alkyl halides is 3. The van der Waals surface area contributed by atoms with Crippen molar-refractivity contribution in [2.45, 2.75) is 26.1 Å². The van der Waals surface area contributed by atoms with Gasteiger partial charge in [0.15, 0.2) is 0 Å². The Labute approximate surface area is 152 Å². The predicted molar refractivity (Wildman–Crippen MR) is 95.5 cm³/mol. The van der Waals surface area contributed by atoms with Gasteiger partial charge >= 0.3 is 6.18 Å². The fourth-order valence-corrected chi connectivity index (χ4v) is 2.82. The number of fused-ring (bicyclic) bond motifs is 1. The molecule has 2 aromatic carbocycles. The summed E-state index contributed by atoms with van der Waals surface area (Å²) in [6, 6.07) is 11.4. The summed E-state index contributed by atoms with van der Waals surface area (Å²) in [6.07, 6.45) is -4.20. The molecule has 1 aromatic heterocycles. The summed E-state index contributed by atoms with van der Waals surface area (Å²) in [5.74, 6) is -0.349. The molecule has 0 aliphatic carbocycles. The average Bonchev–Trinajstić information content (AvgIpc) is 2.63. The number of nitrogens with one attached hydrogen (secondary N) is 1. The number of halogens is 3. The van der Waals surface area contributed by atoms with E-state index in [4.69, 9.17) is 0 Å². The van der Waals surface area contributed by atoms with Gasteiger partial charge < -0.3 is 5.32 Å². The molecule has 0 aliphatic heterocycles. The van der Waals surface area contributed by atoms with Crippen molar-refractivity contribution in [1.29, 1.82) is 0 Å². The van der Waals surface area contributed by atoms with Gasteiger partial charge in [0.25, 0.3) is 5.56 Å². The van der Waals surface area contributed by atoms with E-state index in [0.717, 1.165) is 6.07 Å². The summed E-state index contributed by atoms with van der Waals surface area (Å²) < 4.78 is 40.4. The molecule has 1 amide bonds. The summed E-state index contributed by atoms with van der Waals surface area (Å²) in [5, 5.41) is 2.59. The van der Waals surface area contributed by atoms with Crippen molar-refractivity contribution in [3.05, 3.63) is 70.3 Å². The molecule has 140 valence electrons. The first-order chi connectivity index (χ1) is 12.8. The van der Waals surface area contributed by atoms with E-state index < -0.39 is 29.8 Å². The van der Waals surface area contributed by atoms with Crippen LogP contribution in [0.15, 0.2) is 53.3 Å². The van der Waals surface area contributed by atoms with Crippen LogP contribution in [0.5, 0.6) is 0 Å². The van der Waals surface area contributed by atoms with Gasteiger partial charge in [-0.25, -0.2) is 4.98 Å². The Morgan fingerprint density at radius 1 is 1.11 bits per heavy atom. The summed E-state index contributed by atoms with van der Waals surface area (Å²) in [7, 11) is 0. The molecule has 27 heavy (non-hydrogen) atoms. The molecule has 3 rings (SSSR count). The molecule has 3 aromatic rings. The van der Waals surface area contributed by atoms with Gasteiger partial charge in [0.1, 0.15) is 12.4 Å². The van der Waals surface area contributed by atoms with Gasteiger partial charge in [-0.1, -0.05) is 31.2 Å². The summed E-state index contributed by atoms with van der Waals surface area (Å²) in [6.45, 7) is 1.36. The standard InChI is InChI=1S/C19H16F3N3O2/c1-2-16-23-14-9-5-3-7-12(14)18(27)25(16)11-17(26)24-15-10-6-4-8-13(15)19(20,21)22/h3-10H,2,11H2,1H3,(H,24,26). The van der Waals surface area contributed by atoms with Crippen LogP contribution in [-0.4, -0.2) is 15.5 Å². The second-order valence-electron chi connectivity index (χ2n) is 5.88. The molecule has 5 nitrogen and oxygen atoms in total. The van der Waals surface area contributed by atoms with Crippen molar-refractivity contribution in [2.75, 3.05) is 5.32 Å². The quantitative estimate of drug-likeness (QED) is 0.758. The van der Waals surface area contributed by atoms with Crippen LogP contribution in [-0.2, 0) is 23.9 Å².